The lowest BCUT2D eigenvalue weighted by atomic mass is 9.79. The Morgan fingerprint density at radius 1 is 1.30 bits per heavy atom. The van der Waals surface area contributed by atoms with Crippen LogP contribution in [0.15, 0.2) is 0 Å². The van der Waals surface area contributed by atoms with Crippen molar-refractivity contribution in [2.24, 2.45) is 11.8 Å². The molecule has 0 saturated carbocycles. The molecule has 0 radical (unpaired) electrons. The van der Waals surface area contributed by atoms with Crippen LogP contribution in [-0.2, 0) is 0 Å². The molecule has 0 aromatic carbocycles. The van der Waals surface area contributed by atoms with E-state index in [1.165, 1.54) is 0 Å². The summed E-state index contributed by atoms with van der Waals surface area (Å²) in [6, 6.07) is 0. The van der Waals surface area contributed by atoms with Crippen LogP contribution in [0.2, 0.25) is 0 Å². The highest BCUT2D eigenvalue weighted by molar-refractivity contribution is 4.97. The summed E-state index contributed by atoms with van der Waals surface area (Å²) in [5.41, 5.74) is -0.909. The van der Waals surface area contributed by atoms with E-state index in [0.717, 1.165) is 0 Å². The van der Waals surface area contributed by atoms with E-state index in [1.54, 1.807) is 0 Å². The van der Waals surface area contributed by atoms with Crippen LogP contribution < -0.4 is 5.32 Å². The van der Waals surface area contributed by atoms with Crippen molar-refractivity contribution in [3.05, 3.63) is 0 Å². The molecule has 0 spiro atoms. The molecular formula is C8H16FN. The van der Waals surface area contributed by atoms with Gasteiger partial charge in [0.15, 0.2) is 0 Å². The third kappa shape index (κ3) is 1.17. The van der Waals surface area contributed by atoms with Gasteiger partial charge in [-0.2, -0.15) is 0 Å². The second-order valence-corrected chi connectivity index (χ2v) is 3.67. The molecule has 10 heavy (non-hydrogen) atoms. The van der Waals surface area contributed by atoms with Crippen LogP contribution in [0.1, 0.15) is 20.8 Å². The maximum Gasteiger partial charge on any atom is 0.138 e. The van der Waals surface area contributed by atoms with E-state index in [4.69, 9.17) is 0 Å². The molecule has 1 heterocycles. The van der Waals surface area contributed by atoms with Crippen molar-refractivity contribution in [1.29, 1.82) is 0 Å². The molecule has 1 unspecified atom stereocenters. The van der Waals surface area contributed by atoms with Crippen molar-refractivity contribution in [3.8, 4) is 0 Å². The first-order valence-electron chi connectivity index (χ1n) is 3.96. The summed E-state index contributed by atoms with van der Waals surface area (Å²) < 4.78 is 13.5. The molecule has 1 atom stereocenters. The fourth-order valence-corrected chi connectivity index (χ4v) is 1.28. The first-order chi connectivity index (χ1) is 4.56. The standard InChI is InChI=1S/C8H16FN/c1-6(2)7(3)8(9)4-10-5-8/h6-7,10H,4-5H2,1-3H3. The quantitative estimate of drug-likeness (QED) is 0.622. The Morgan fingerprint density at radius 3 is 1.90 bits per heavy atom. The zero-order valence-corrected chi connectivity index (χ0v) is 6.95. The van der Waals surface area contributed by atoms with E-state index >= 15 is 0 Å². The molecule has 0 aromatic rings. The minimum atomic E-state index is -0.909. The van der Waals surface area contributed by atoms with E-state index in [9.17, 15) is 4.39 Å². The van der Waals surface area contributed by atoms with Crippen LogP contribution >= 0.6 is 0 Å². The fraction of sp³-hybridized carbons (Fsp3) is 1.00. The van der Waals surface area contributed by atoms with Crippen molar-refractivity contribution in [1.82, 2.24) is 5.32 Å². The molecule has 1 saturated heterocycles. The molecule has 1 rings (SSSR count). The predicted octanol–water partition coefficient (Wildman–Crippen LogP) is 1.59. The van der Waals surface area contributed by atoms with Gasteiger partial charge < -0.3 is 5.32 Å². The van der Waals surface area contributed by atoms with Crippen LogP contribution in [0.3, 0.4) is 0 Å². The zero-order valence-electron chi connectivity index (χ0n) is 6.95. The second-order valence-electron chi connectivity index (χ2n) is 3.67. The summed E-state index contributed by atoms with van der Waals surface area (Å²) >= 11 is 0. The molecule has 0 aromatic heterocycles. The average molecular weight is 145 g/mol. The molecule has 1 fully saturated rings. The first-order valence-corrected chi connectivity index (χ1v) is 3.96. The van der Waals surface area contributed by atoms with E-state index in [2.05, 4.69) is 19.2 Å². The summed E-state index contributed by atoms with van der Waals surface area (Å²) in [6.45, 7) is 7.23. The molecule has 0 aliphatic carbocycles. The van der Waals surface area contributed by atoms with E-state index in [1.807, 2.05) is 6.92 Å². The fourth-order valence-electron chi connectivity index (χ4n) is 1.28. The van der Waals surface area contributed by atoms with Gasteiger partial charge in [0.1, 0.15) is 5.67 Å². The molecule has 2 heteroatoms. The highest BCUT2D eigenvalue weighted by Crippen LogP contribution is 2.31. The summed E-state index contributed by atoms with van der Waals surface area (Å²) in [4.78, 5) is 0. The Labute approximate surface area is 62.0 Å². The second kappa shape index (κ2) is 2.50. The van der Waals surface area contributed by atoms with Crippen molar-refractivity contribution >= 4 is 0 Å². The lowest BCUT2D eigenvalue weighted by Gasteiger charge is -2.41. The number of hydrogen-bond donors (Lipinski definition) is 1. The summed E-state index contributed by atoms with van der Waals surface area (Å²) in [5.74, 6) is 0.640. The molecule has 60 valence electrons. The lowest BCUT2D eigenvalue weighted by molar-refractivity contribution is 0.0110. The van der Waals surface area contributed by atoms with Gasteiger partial charge in [-0.1, -0.05) is 20.8 Å². The maximum atomic E-state index is 13.5. The Kier molecular flexibility index (Phi) is 1.99. The summed E-state index contributed by atoms with van der Waals surface area (Å²) in [7, 11) is 0. The smallest absolute Gasteiger partial charge is 0.138 e. The van der Waals surface area contributed by atoms with Gasteiger partial charge in [0.05, 0.1) is 0 Å². The van der Waals surface area contributed by atoms with E-state index in [-0.39, 0.29) is 5.92 Å². The van der Waals surface area contributed by atoms with Gasteiger partial charge in [-0.15, -0.1) is 0 Å². The van der Waals surface area contributed by atoms with Gasteiger partial charge >= 0.3 is 0 Å². The zero-order chi connectivity index (χ0) is 7.78. The molecule has 0 amide bonds. The van der Waals surface area contributed by atoms with Crippen LogP contribution in [0.4, 0.5) is 4.39 Å². The Balaban J connectivity index is 2.46. The van der Waals surface area contributed by atoms with Crippen molar-refractivity contribution in [2.45, 2.75) is 26.4 Å². The molecule has 0 bridgehead atoms. The monoisotopic (exact) mass is 145 g/mol. The predicted molar refractivity (Wildman–Crippen MR) is 40.7 cm³/mol. The molecular weight excluding hydrogens is 129 g/mol. The summed E-state index contributed by atoms with van der Waals surface area (Å²) in [5, 5.41) is 2.96. The number of nitrogens with one attached hydrogen (secondary N) is 1. The van der Waals surface area contributed by atoms with Crippen molar-refractivity contribution in [3.63, 3.8) is 0 Å². The van der Waals surface area contributed by atoms with Crippen LogP contribution in [0.25, 0.3) is 0 Å². The number of halogens is 1. The number of hydrogen-bond acceptors (Lipinski definition) is 1. The van der Waals surface area contributed by atoms with E-state index < -0.39 is 5.67 Å². The van der Waals surface area contributed by atoms with Crippen LogP contribution in [-0.4, -0.2) is 18.8 Å². The normalized spacial score (nSPS) is 26.1. The maximum absolute atomic E-state index is 13.5. The topological polar surface area (TPSA) is 12.0 Å². The Morgan fingerprint density at radius 2 is 1.80 bits per heavy atom. The SMILES string of the molecule is CC(C)C(C)C1(F)CNC1. The average Bonchev–Trinajstić information content (AvgIpc) is 1.81. The minimum absolute atomic E-state index is 0.189. The Bertz CT molecular complexity index is 118. The van der Waals surface area contributed by atoms with Gasteiger partial charge in [-0.05, 0) is 11.8 Å². The Hall–Kier alpha value is -0.110. The number of alkyl halides is 1. The lowest BCUT2D eigenvalue weighted by Crippen LogP contribution is -2.60. The van der Waals surface area contributed by atoms with Crippen LogP contribution in [0, 0.1) is 11.8 Å². The number of rotatable bonds is 2. The van der Waals surface area contributed by atoms with Gasteiger partial charge in [0, 0.05) is 13.1 Å². The molecule has 1 aliphatic heterocycles. The molecule has 1 nitrogen and oxygen atoms in total. The van der Waals surface area contributed by atoms with E-state index in [0.29, 0.717) is 19.0 Å². The van der Waals surface area contributed by atoms with Gasteiger partial charge in [0.2, 0.25) is 0 Å². The van der Waals surface area contributed by atoms with Gasteiger partial charge in [-0.25, -0.2) is 4.39 Å². The minimum Gasteiger partial charge on any atom is -0.310 e. The third-order valence-electron chi connectivity index (χ3n) is 2.65. The largest absolute Gasteiger partial charge is 0.310 e. The van der Waals surface area contributed by atoms with Gasteiger partial charge in [0.25, 0.3) is 0 Å². The molecule has 1 aliphatic rings. The summed E-state index contributed by atoms with van der Waals surface area (Å²) in [6.07, 6.45) is 0. The highest BCUT2D eigenvalue weighted by atomic mass is 19.1. The van der Waals surface area contributed by atoms with Crippen molar-refractivity contribution in [2.75, 3.05) is 13.1 Å². The first kappa shape index (κ1) is 7.99. The molecule has 1 N–H and O–H groups in total. The third-order valence-corrected chi connectivity index (χ3v) is 2.65. The van der Waals surface area contributed by atoms with Crippen LogP contribution in [0.5, 0.6) is 0 Å². The van der Waals surface area contributed by atoms with Gasteiger partial charge in [-0.3, -0.25) is 0 Å². The highest BCUT2D eigenvalue weighted by Gasteiger charge is 2.43. The van der Waals surface area contributed by atoms with Crippen molar-refractivity contribution < 1.29 is 4.39 Å².